The normalized spacial score (nSPS) is 11.7. The maximum Gasteiger partial charge on any atom is 0.197 e. The minimum Gasteiger partial charge on any atom is -0.507 e. The van der Waals surface area contributed by atoms with Crippen LogP contribution in [0.15, 0.2) is 40.8 Å². The van der Waals surface area contributed by atoms with E-state index in [-0.39, 0.29) is 17.6 Å². The lowest BCUT2D eigenvalue weighted by Crippen LogP contribution is -2.07. The molecule has 0 radical (unpaired) electrons. The standard InChI is InChI=1S/C23H26O3/c1-6-19-21(16-9-7-8-10-20(16)26-19)22(24)15-11-17(13(2)3)23(25)18(12-15)14(4)5/h7-14,25H,6H2,1-5H3. The van der Waals surface area contributed by atoms with E-state index in [0.29, 0.717) is 29.1 Å². The predicted octanol–water partition coefficient (Wildman–Crippen LogP) is 6.18. The summed E-state index contributed by atoms with van der Waals surface area (Å²) in [4.78, 5) is 13.4. The lowest BCUT2D eigenvalue weighted by molar-refractivity contribution is 0.103. The molecule has 26 heavy (non-hydrogen) atoms. The molecule has 3 aromatic rings. The number of ketones is 1. The first kappa shape index (κ1) is 18.2. The van der Waals surface area contributed by atoms with Gasteiger partial charge in [-0.15, -0.1) is 0 Å². The second-order valence-corrected chi connectivity index (χ2v) is 7.39. The summed E-state index contributed by atoms with van der Waals surface area (Å²) < 4.78 is 5.90. The van der Waals surface area contributed by atoms with E-state index >= 15 is 0 Å². The van der Waals surface area contributed by atoms with Crippen LogP contribution in [0.25, 0.3) is 11.0 Å². The molecule has 136 valence electrons. The molecule has 3 heteroatoms. The Morgan fingerprint density at radius 2 is 1.62 bits per heavy atom. The summed E-state index contributed by atoms with van der Waals surface area (Å²) in [5.74, 6) is 1.23. The fraction of sp³-hybridized carbons (Fsp3) is 0.348. The van der Waals surface area contributed by atoms with E-state index in [0.717, 1.165) is 22.1 Å². The van der Waals surface area contributed by atoms with Gasteiger partial charge in [-0.25, -0.2) is 0 Å². The number of hydrogen-bond acceptors (Lipinski definition) is 3. The molecule has 0 saturated heterocycles. The highest BCUT2D eigenvalue weighted by Gasteiger charge is 2.24. The third-order valence-corrected chi connectivity index (χ3v) is 4.89. The number of aromatic hydroxyl groups is 1. The number of aryl methyl sites for hydroxylation is 1. The highest BCUT2D eigenvalue weighted by Crippen LogP contribution is 2.36. The number of benzene rings is 2. The zero-order valence-corrected chi connectivity index (χ0v) is 16.1. The first-order chi connectivity index (χ1) is 12.3. The van der Waals surface area contributed by atoms with E-state index in [1.807, 2.05) is 71.0 Å². The Morgan fingerprint density at radius 3 is 2.15 bits per heavy atom. The van der Waals surface area contributed by atoms with E-state index in [1.165, 1.54) is 0 Å². The zero-order valence-electron chi connectivity index (χ0n) is 16.1. The Bertz CT molecular complexity index is 932. The summed E-state index contributed by atoms with van der Waals surface area (Å²) in [7, 11) is 0. The summed E-state index contributed by atoms with van der Waals surface area (Å²) in [5, 5.41) is 11.5. The Labute approximate surface area is 154 Å². The Balaban J connectivity index is 2.23. The molecule has 0 aliphatic rings. The number of phenols is 1. The van der Waals surface area contributed by atoms with Gasteiger partial charge in [-0.3, -0.25) is 4.79 Å². The van der Waals surface area contributed by atoms with Crippen LogP contribution in [0.3, 0.4) is 0 Å². The average molecular weight is 350 g/mol. The molecule has 1 aromatic heterocycles. The maximum absolute atomic E-state index is 13.4. The van der Waals surface area contributed by atoms with E-state index in [9.17, 15) is 9.90 Å². The van der Waals surface area contributed by atoms with E-state index in [4.69, 9.17) is 4.42 Å². The highest BCUT2D eigenvalue weighted by molar-refractivity contribution is 6.17. The quantitative estimate of drug-likeness (QED) is 0.559. The minimum absolute atomic E-state index is 0.0457. The van der Waals surface area contributed by atoms with Crippen LogP contribution >= 0.6 is 0 Å². The highest BCUT2D eigenvalue weighted by atomic mass is 16.3. The van der Waals surface area contributed by atoms with Crippen LogP contribution in [0.1, 0.15) is 79.3 Å². The molecule has 0 bridgehead atoms. The number of para-hydroxylation sites is 1. The third kappa shape index (κ3) is 3.03. The van der Waals surface area contributed by atoms with E-state index in [2.05, 4.69) is 0 Å². The van der Waals surface area contributed by atoms with Crippen molar-refractivity contribution in [3.05, 3.63) is 64.4 Å². The smallest absolute Gasteiger partial charge is 0.197 e. The summed E-state index contributed by atoms with van der Waals surface area (Å²) in [6.07, 6.45) is 0.655. The van der Waals surface area contributed by atoms with Gasteiger partial charge in [-0.1, -0.05) is 52.8 Å². The lowest BCUT2D eigenvalue weighted by Gasteiger charge is -2.17. The van der Waals surface area contributed by atoms with Gasteiger partial charge in [0.2, 0.25) is 0 Å². The average Bonchev–Trinajstić information content (AvgIpc) is 2.99. The van der Waals surface area contributed by atoms with Gasteiger partial charge in [0, 0.05) is 17.4 Å². The van der Waals surface area contributed by atoms with Gasteiger partial charge in [0.1, 0.15) is 17.1 Å². The molecule has 0 aliphatic heterocycles. The van der Waals surface area contributed by atoms with Crippen molar-refractivity contribution in [2.75, 3.05) is 0 Å². The van der Waals surface area contributed by atoms with Gasteiger partial charge in [0.15, 0.2) is 5.78 Å². The molecular weight excluding hydrogens is 324 g/mol. The Kier molecular flexibility index (Phi) is 4.90. The van der Waals surface area contributed by atoms with Crippen LogP contribution in [-0.2, 0) is 6.42 Å². The summed E-state index contributed by atoms with van der Waals surface area (Å²) in [6.45, 7) is 10.1. The van der Waals surface area contributed by atoms with Gasteiger partial charge in [0.25, 0.3) is 0 Å². The van der Waals surface area contributed by atoms with Crippen LogP contribution in [0, 0.1) is 0 Å². The molecule has 1 N–H and O–H groups in total. The zero-order chi connectivity index (χ0) is 19.0. The van der Waals surface area contributed by atoms with Crippen LogP contribution < -0.4 is 0 Å². The minimum atomic E-state index is -0.0457. The van der Waals surface area contributed by atoms with E-state index < -0.39 is 0 Å². The number of phenolic OH excluding ortho intramolecular Hbond substituents is 1. The fourth-order valence-corrected chi connectivity index (χ4v) is 3.43. The number of carbonyl (C=O) groups excluding carboxylic acids is 1. The summed E-state index contributed by atoms with van der Waals surface area (Å²) in [5.41, 5.74) is 3.60. The molecule has 0 saturated carbocycles. The van der Waals surface area contributed by atoms with Crippen LogP contribution in [-0.4, -0.2) is 10.9 Å². The predicted molar refractivity (Wildman–Crippen MR) is 105 cm³/mol. The molecule has 3 nitrogen and oxygen atoms in total. The molecule has 0 unspecified atom stereocenters. The molecular formula is C23H26O3. The molecule has 0 spiro atoms. The van der Waals surface area contributed by atoms with Crippen molar-refractivity contribution in [1.82, 2.24) is 0 Å². The second kappa shape index (κ2) is 6.99. The molecule has 2 aromatic carbocycles. The van der Waals surface area contributed by atoms with Crippen molar-refractivity contribution in [2.45, 2.75) is 52.9 Å². The molecule has 0 amide bonds. The third-order valence-electron chi connectivity index (χ3n) is 4.89. The fourth-order valence-electron chi connectivity index (χ4n) is 3.43. The van der Waals surface area contributed by atoms with Crippen molar-refractivity contribution < 1.29 is 14.3 Å². The van der Waals surface area contributed by atoms with Crippen LogP contribution in [0.4, 0.5) is 0 Å². The number of fused-ring (bicyclic) bond motifs is 1. The molecule has 3 rings (SSSR count). The Morgan fingerprint density at radius 1 is 1.04 bits per heavy atom. The van der Waals surface area contributed by atoms with Crippen molar-refractivity contribution >= 4 is 16.8 Å². The molecule has 0 fully saturated rings. The number of furan rings is 1. The second-order valence-electron chi connectivity index (χ2n) is 7.39. The Hall–Kier alpha value is -2.55. The summed E-state index contributed by atoms with van der Waals surface area (Å²) in [6, 6.07) is 11.3. The van der Waals surface area contributed by atoms with Gasteiger partial charge >= 0.3 is 0 Å². The van der Waals surface area contributed by atoms with Crippen molar-refractivity contribution in [2.24, 2.45) is 0 Å². The SMILES string of the molecule is CCc1oc2ccccc2c1C(=O)c1cc(C(C)C)c(O)c(C(C)C)c1. The maximum atomic E-state index is 13.4. The largest absolute Gasteiger partial charge is 0.507 e. The van der Waals surface area contributed by atoms with Gasteiger partial charge in [-0.05, 0) is 41.2 Å². The van der Waals surface area contributed by atoms with E-state index in [1.54, 1.807) is 0 Å². The first-order valence-electron chi connectivity index (χ1n) is 9.27. The van der Waals surface area contributed by atoms with Gasteiger partial charge in [0.05, 0.1) is 5.56 Å². The van der Waals surface area contributed by atoms with Crippen molar-refractivity contribution in [3.63, 3.8) is 0 Å². The monoisotopic (exact) mass is 350 g/mol. The van der Waals surface area contributed by atoms with Crippen LogP contribution in [0.2, 0.25) is 0 Å². The molecule has 0 atom stereocenters. The van der Waals surface area contributed by atoms with Gasteiger partial charge < -0.3 is 9.52 Å². The number of hydrogen-bond donors (Lipinski definition) is 1. The number of rotatable bonds is 5. The summed E-state index contributed by atoms with van der Waals surface area (Å²) >= 11 is 0. The van der Waals surface area contributed by atoms with Crippen molar-refractivity contribution in [1.29, 1.82) is 0 Å². The first-order valence-corrected chi connectivity index (χ1v) is 9.27. The van der Waals surface area contributed by atoms with Gasteiger partial charge in [-0.2, -0.15) is 0 Å². The lowest BCUT2D eigenvalue weighted by atomic mass is 9.88. The molecule has 0 aliphatic carbocycles. The van der Waals surface area contributed by atoms with Crippen LogP contribution in [0.5, 0.6) is 5.75 Å². The van der Waals surface area contributed by atoms with Crippen molar-refractivity contribution in [3.8, 4) is 5.75 Å². The topological polar surface area (TPSA) is 50.4 Å². The molecule has 1 heterocycles. The number of carbonyl (C=O) groups is 1.